The summed E-state index contributed by atoms with van der Waals surface area (Å²) >= 11 is 0. The second-order valence-electron chi connectivity index (χ2n) is 4.97. The van der Waals surface area contributed by atoms with Crippen molar-refractivity contribution in [3.63, 3.8) is 0 Å². The summed E-state index contributed by atoms with van der Waals surface area (Å²) in [6.45, 7) is 6.18. The van der Waals surface area contributed by atoms with Gasteiger partial charge in [0.2, 0.25) is 0 Å². The summed E-state index contributed by atoms with van der Waals surface area (Å²) in [6, 6.07) is 10.8. The van der Waals surface area contributed by atoms with E-state index in [4.69, 9.17) is 5.26 Å². The van der Waals surface area contributed by atoms with E-state index in [0.29, 0.717) is 12.5 Å². The highest BCUT2D eigenvalue weighted by atomic mass is 15.1. The number of imidazole rings is 1. The molecule has 0 bridgehead atoms. The zero-order valence-corrected chi connectivity index (χ0v) is 11.6. The Balaban J connectivity index is 2.15. The van der Waals surface area contributed by atoms with Crippen LogP contribution in [0.15, 0.2) is 24.3 Å². The Labute approximate surface area is 114 Å². The molecule has 0 aliphatic carbocycles. The molecule has 0 amide bonds. The molecule has 19 heavy (non-hydrogen) atoms. The summed E-state index contributed by atoms with van der Waals surface area (Å²) in [7, 11) is 0. The summed E-state index contributed by atoms with van der Waals surface area (Å²) in [4.78, 5) is 4.54. The van der Waals surface area contributed by atoms with Crippen LogP contribution in [0.4, 0.5) is 0 Å². The van der Waals surface area contributed by atoms with Crippen LogP contribution in [-0.2, 0) is 13.0 Å². The lowest BCUT2D eigenvalue weighted by molar-refractivity contribution is 0.535. The Morgan fingerprint density at radius 3 is 2.89 bits per heavy atom. The molecule has 2 aromatic rings. The first-order chi connectivity index (χ1) is 9.22. The van der Waals surface area contributed by atoms with Gasteiger partial charge in [-0.3, -0.25) is 0 Å². The van der Waals surface area contributed by atoms with E-state index in [2.05, 4.69) is 40.9 Å². The molecule has 0 spiro atoms. The number of benzene rings is 1. The number of aromatic nitrogens is 2. The van der Waals surface area contributed by atoms with Crippen LogP contribution in [0, 0.1) is 11.3 Å². The Bertz CT molecular complexity index is 577. The van der Waals surface area contributed by atoms with Gasteiger partial charge in [-0.25, -0.2) is 4.98 Å². The van der Waals surface area contributed by atoms with Gasteiger partial charge in [-0.1, -0.05) is 26.0 Å². The van der Waals surface area contributed by atoms with E-state index < -0.39 is 0 Å². The van der Waals surface area contributed by atoms with Gasteiger partial charge in [0.1, 0.15) is 5.82 Å². The van der Waals surface area contributed by atoms with Crippen molar-refractivity contribution in [3.05, 3.63) is 30.1 Å². The monoisotopic (exact) mass is 256 g/mol. The Morgan fingerprint density at radius 1 is 1.37 bits per heavy atom. The van der Waals surface area contributed by atoms with Gasteiger partial charge in [-0.2, -0.15) is 5.26 Å². The van der Waals surface area contributed by atoms with E-state index >= 15 is 0 Å². The topological polar surface area (TPSA) is 53.6 Å². The maximum atomic E-state index is 8.90. The van der Waals surface area contributed by atoms with Gasteiger partial charge in [-0.05, 0) is 25.1 Å². The van der Waals surface area contributed by atoms with Gasteiger partial charge in [-0.15, -0.1) is 0 Å². The lowest BCUT2D eigenvalue weighted by Gasteiger charge is -2.10. The van der Waals surface area contributed by atoms with Gasteiger partial charge in [0.25, 0.3) is 0 Å². The van der Waals surface area contributed by atoms with E-state index in [9.17, 15) is 0 Å². The van der Waals surface area contributed by atoms with Gasteiger partial charge in [0.15, 0.2) is 0 Å². The molecule has 0 saturated heterocycles. The van der Waals surface area contributed by atoms with E-state index in [0.717, 1.165) is 36.4 Å². The summed E-state index contributed by atoms with van der Waals surface area (Å²) in [6.07, 6.45) is 1.41. The van der Waals surface area contributed by atoms with Crippen molar-refractivity contribution in [2.75, 3.05) is 6.54 Å². The van der Waals surface area contributed by atoms with Crippen molar-refractivity contribution in [2.24, 2.45) is 0 Å². The van der Waals surface area contributed by atoms with Crippen LogP contribution in [0.1, 0.15) is 26.1 Å². The first-order valence-corrected chi connectivity index (χ1v) is 6.77. The molecular formula is C15H20N4. The van der Waals surface area contributed by atoms with Crippen LogP contribution in [0.5, 0.6) is 0 Å². The smallest absolute Gasteiger partial charge is 0.124 e. The van der Waals surface area contributed by atoms with E-state index in [-0.39, 0.29) is 0 Å². The van der Waals surface area contributed by atoms with Crippen molar-refractivity contribution in [3.8, 4) is 6.07 Å². The fraction of sp³-hybridized carbons (Fsp3) is 0.467. The van der Waals surface area contributed by atoms with Crippen molar-refractivity contribution >= 4 is 11.0 Å². The average Bonchev–Trinajstić information content (AvgIpc) is 2.73. The molecule has 1 aromatic heterocycles. The van der Waals surface area contributed by atoms with Gasteiger partial charge in [0, 0.05) is 12.6 Å². The number of aryl methyl sites for hydroxylation is 1. The number of rotatable bonds is 6. The highest BCUT2D eigenvalue weighted by molar-refractivity contribution is 5.75. The molecule has 0 aliphatic rings. The zero-order valence-electron chi connectivity index (χ0n) is 11.6. The number of nitrogens with one attached hydrogen (secondary N) is 1. The number of para-hydroxylation sites is 2. The Hall–Kier alpha value is -1.86. The van der Waals surface area contributed by atoms with E-state index in [1.807, 2.05) is 18.2 Å². The van der Waals surface area contributed by atoms with Crippen LogP contribution in [-0.4, -0.2) is 22.1 Å². The molecule has 0 atom stereocenters. The molecule has 1 heterocycles. The normalized spacial score (nSPS) is 11.1. The highest BCUT2D eigenvalue weighted by Gasteiger charge is 2.09. The Morgan fingerprint density at radius 2 is 2.16 bits per heavy atom. The van der Waals surface area contributed by atoms with E-state index in [1.165, 1.54) is 0 Å². The van der Waals surface area contributed by atoms with Crippen molar-refractivity contribution in [1.82, 2.24) is 14.9 Å². The minimum Gasteiger partial charge on any atom is -0.327 e. The molecule has 1 N–H and O–H groups in total. The van der Waals surface area contributed by atoms with Gasteiger partial charge < -0.3 is 9.88 Å². The molecular weight excluding hydrogens is 236 g/mol. The molecule has 0 saturated carbocycles. The van der Waals surface area contributed by atoms with Crippen molar-refractivity contribution in [1.29, 1.82) is 5.26 Å². The second-order valence-corrected chi connectivity index (χ2v) is 4.97. The fourth-order valence-electron chi connectivity index (χ4n) is 2.21. The molecule has 100 valence electrons. The molecule has 0 unspecified atom stereocenters. The SMILES string of the molecule is CC(C)NCCCn1c(CC#N)nc2ccccc21. The van der Waals surface area contributed by atoms with Crippen LogP contribution >= 0.6 is 0 Å². The minimum absolute atomic E-state index is 0.367. The predicted molar refractivity (Wildman–Crippen MR) is 76.8 cm³/mol. The molecule has 0 radical (unpaired) electrons. The largest absolute Gasteiger partial charge is 0.327 e. The number of fused-ring (bicyclic) bond motifs is 1. The molecule has 0 fully saturated rings. The fourth-order valence-corrected chi connectivity index (χ4v) is 2.21. The van der Waals surface area contributed by atoms with Crippen LogP contribution < -0.4 is 5.32 Å². The van der Waals surface area contributed by atoms with Gasteiger partial charge >= 0.3 is 0 Å². The van der Waals surface area contributed by atoms with Crippen molar-refractivity contribution in [2.45, 2.75) is 39.3 Å². The number of hydrogen-bond acceptors (Lipinski definition) is 3. The summed E-state index contributed by atoms with van der Waals surface area (Å²) in [5.74, 6) is 0.869. The minimum atomic E-state index is 0.367. The zero-order chi connectivity index (χ0) is 13.7. The standard InChI is InChI=1S/C15H20N4/c1-12(2)17-10-5-11-19-14-7-4-3-6-13(14)18-15(19)8-9-16/h3-4,6-7,12,17H,5,8,10-11H2,1-2H3. The maximum absolute atomic E-state index is 8.90. The van der Waals surface area contributed by atoms with Crippen LogP contribution in [0.3, 0.4) is 0 Å². The lowest BCUT2D eigenvalue weighted by atomic mass is 10.3. The quantitative estimate of drug-likeness (QED) is 0.808. The van der Waals surface area contributed by atoms with Crippen LogP contribution in [0.25, 0.3) is 11.0 Å². The predicted octanol–water partition coefficient (Wildman–Crippen LogP) is 2.49. The molecule has 2 rings (SSSR count). The third kappa shape index (κ3) is 3.33. The molecule has 0 aliphatic heterocycles. The third-order valence-electron chi connectivity index (χ3n) is 3.08. The van der Waals surface area contributed by atoms with E-state index in [1.54, 1.807) is 0 Å². The molecule has 1 aromatic carbocycles. The molecule has 4 heteroatoms. The first-order valence-electron chi connectivity index (χ1n) is 6.77. The number of nitrogens with zero attached hydrogens (tertiary/aromatic N) is 3. The summed E-state index contributed by atoms with van der Waals surface area (Å²) in [5.41, 5.74) is 2.10. The molecule has 4 nitrogen and oxygen atoms in total. The lowest BCUT2D eigenvalue weighted by Crippen LogP contribution is -2.24. The van der Waals surface area contributed by atoms with Gasteiger partial charge in [0.05, 0.1) is 23.5 Å². The highest BCUT2D eigenvalue weighted by Crippen LogP contribution is 2.16. The Kier molecular flexibility index (Phi) is 4.53. The maximum Gasteiger partial charge on any atom is 0.124 e. The number of nitriles is 1. The van der Waals surface area contributed by atoms with Crippen LogP contribution in [0.2, 0.25) is 0 Å². The first kappa shape index (κ1) is 13.6. The third-order valence-corrected chi connectivity index (χ3v) is 3.08. The summed E-state index contributed by atoms with van der Waals surface area (Å²) < 4.78 is 2.17. The summed E-state index contributed by atoms with van der Waals surface area (Å²) in [5, 5.41) is 12.3. The average molecular weight is 256 g/mol. The number of hydrogen-bond donors (Lipinski definition) is 1. The second kappa shape index (κ2) is 6.35. The van der Waals surface area contributed by atoms with Crippen molar-refractivity contribution < 1.29 is 0 Å².